The summed E-state index contributed by atoms with van der Waals surface area (Å²) in [6.07, 6.45) is 0. The van der Waals surface area contributed by atoms with Gasteiger partial charge >= 0.3 is 5.97 Å². The number of aromatic nitrogens is 2. The van der Waals surface area contributed by atoms with E-state index in [4.69, 9.17) is 15.2 Å². The number of nitrogens with two attached hydrogens (primary N) is 1. The molecule has 0 aliphatic rings. The highest BCUT2D eigenvalue weighted by molar-refractivity contribution is 5.87. The average Bonchev–Trinajstić information content (AvgIpc) is 2.75. The molecule has 0 saturated carbocycles. The quantitative estimate of drug-likeness (QED) is 0.865. The molecule has 0 spiro atoms. The molecule has 6 heteroatoms. The number of methoxy groups -OCH3 is 2. The van der Waals surface area contributed by atoms with Crippen LogP contribution in [-0.4, -0.2) is 29.7 Å². The molecule has 20 heavy (non-hydrogen) atoms. The monoisotopic (exact) mass is 277 g/mol. The van der Waals surface area contributed by atoms with Gasteiger partial charge in [0.25, 0.3) is 0 Å². The molecule has 0 fully saturated rings. The normalized spacial score (nSPS) is 12.7. The van der Waals surface area contributed by atoms with Gasteiger partial charge in [-0.3, -0.25) is 4.57 Å². The third-order valence-corrected chi connectivity index (χ3v) is 3.28. The standard InChI is InChI=1S/C14H19N3O3/c1-8(2)12(13(18)20-4)17-9-6-5-7-10(19-3)11(9)16-14(17)15/h5-8,12H,1-4H3,(H2,15,16). The summed E-state index contributed by atoms with van der Waals surface area (Å²) < 4.78 is 11.9. The minimum absolute atomic E-state index is 0.0216. The summed E-state index contributed by atoms with van der Waals surface area (Å²) in [7, 11) is 2.94. The number of benzene rings is 1. The lowest BCUT2D eigenvalue weighted by atomic mass is 10.0. The molecule has 2 rings (SSSR count). The Morgan fingerprint density at radius 3 is 2.60 bits per heavy atom. The zero-order valence-corrected chi connectivity index (χ0v) is 12.1. The van der Waals surface area contributed by atoms with E-state index in [0.29, 0.717) is 11.3 Å². The molecule has 2 aromatic rings. The minimum Gasteiger partial charge on any atom is -0.494 e. The number of nitrogen functional groups attached to an aromatic ring is 1. The Balaban J connectivity index is 2.69. The molecule has 1 heterocycles. The first-order chi connectivity index (χ1) is 9.51. The van der Waals surface area contributed by atoms with Crippen LogP contribution in [0.4, 0.5) is 5.95 Å². The summed E-state index contributed by atoms with van der Waals surface area (Å²) in [4.78, 5) is 16.4. The maximum Gasteiger partial charge on any atom is 0.329 e. The summed E-state index contributed by atoms with van der Waals surface area (Å²) in [6, 6.07) is 4.99. The number of para-hydroxylation sites is 1. The Bertz CT molecular complexity index is 634. The number of nitrogens with zero attached hydrogens (tertiary/aromatic N) is 2. The smallest absolute Gasteiger partial charge is 0.329 e. The molecule has 0 saturated heterocycles. The van der Waals surface area contributed by atoms with Crippen LogP contribution >= 0.6 is 0 Å². The molecule has 0 aliphatic carbocycles. The van der Waals surface area contributed by atoms with Crippen LogP contribution in [0, 0.1) is 5.92 Å². The molecule has 1 aromatic carbocycles. The topological polar surface area (TPSA) is 79.4 Å². The van der Waals surface area contributed by atoms with Crippen LogP contribution in [0.5, 0.6) is 5.75 Å². The molecule has 108 valence electrons. The number of carbonyl (C=O) groups excluding carboxylic acids is 1. The Labute approximate surface area is 117 Å². The molecule has 0 radical (unpaired) electrons. The predicted molar refractivity (Wildman–Crippen MR) is 76.6 cm³/mol. The molecule has 6 nitrogen and oxygen atoms in total. The van der Waals surface area contributed by atoms with Crippen molar-refractivity contribution in [3.8, 4) is 5.75 Å². The lowest BCUT2D eigenvalue weighted by Crippen LogP contribution is -2.26. The van der Waals surface area contributed by atoms with Gasteiger partial charge in [0, 0.05) is 0 Å². The van der Waals surface area contributed by atoms with Crippen molar-refractivity contribution < 1.29 is 14.3 Å². The number of anilines is 1. The molecule has 1 unspecified atom stereocenters. The van der Waals surface area contributed by atoms with E-state index in [2.05, 4.69) is 4.98 Å². The van der Waals surface area contributed by atoms with Gasteiger partial charge in [0.2, 0.25) is 5.95 Å². The largest absolute Gasteiger partial charge is 0.494 e. The molecule has 2 N–H and O–H groups in total. The van der Waals surface area contributed by atoms with E-state index >= 15 is 0 Å². The van der Waals surface area contributed by atoms with Crippen LogP contribution in [-0.2, 0) is 9.53 Å². The van der Waals surface area contributed by atoms with E-state index in [-0.39, 0.29) is 17.8 Å². The van der Waals surface area contributed by atoms with E-state index in [1.807, 2.05) is 32.0 Å². The number of rotatable bonds is 4. The van der Waals surface area contributed by atoms with E-state index < -0.39 is 6.04 Å². The molecular weight excluding hydrogens is 258 g/mol. The van der Waals surface area contributed by atoms with Crippen LogP contribution < -0.4 is 10.5 Å². The highest BCUT2D eigenvalue weighted by atomic mass is 16.5. The fourth-order valence-electron chi connectivity index (χ4n) is 2.36. The van der Waals surface area contributed by atoms with Crippen LogP contribution in [0.3, 0.4) is 0 Å². The molecule has 1 atom stereocenters. The number of ether oxygens (including phenoxy) is 2. The van der Waals surface area contributed by atoms with E-state index in [1.165, 1.54) is 7.11 Å². The summed E-state index contributed by atoms with van der Waals surface area (Å²) in [6.45, 7) is 3.88. The van der Waals surface area contributed by atoms with E-state index in [0.717, 1.165) is 5.52 Å². The van der Waals surface area contributed by atoms with Gasteiger partial charge in [-0.05, 0) is 18.1 Å². The second kappa shape index (κ2) is 5.40. The second-order valence-electron chi connectivity index (χ2n) is 4.88. The zero-order valence-electron chi connectivity index (χ0n) is 12.1. The fourth-order valence-corrected chi connectivity index (χ4v) is 2.36. The van der Waals surface area contributed by atoms with Gasteiger partial charge in [-0.2, -0.15) is 0 Å². The zero-order chi connectivity index (χ0) is 14.9. The van der Waals surface area contributed by atoms with Crippen molar-refractivity contribution in [1.82, 2.24) is 9.55 Å². The fraction of sp³-hybridized carbons (Fsp3) is 0.429. The number of imidazole rings is 1. The average molecular weight is 277 g/mol. The first-order valence-electron chi connectivity index (χ1n) is 6.39. The summed E-state index contributed by atoms with van der Waals surface area (Å²) in [5, 5.41) is 0. The van der Waals surface area contributed by atoms with Crippen molar-refractivity contribution in [2.45, 2.75) is 19.9 Å². The first kappa shape index (κ1) is 14.2. The summed E-state index contributed by atoms with van der Waals surface area (Å²) in [5.41, 5.74) is 7.39. The van der Waals surface area contributed by atoms with Crippen LogP contribution in [0.15, 0.2) is 18.2 Å². The molecule has 0 amide bonds. The van der Waals surface area contributed by atoms with Crippen molar-refractivity contribution in [2.24, 2.45) is 5.92 Å². The van der Waals surface area contributed by atoms with Crippen molar-refractivity contribution in [1.29, 1.82) is 0 Å². The maximum atomic E-state index is 12.0. The van der Waals surface area contributed by atoms with Crippen molar-refractivity contribution in [2.75, 3.05) is 20.0 Å². The van der Waals surface area contributed by atoms with Gasteiger partial charge in [-0.1, -0.05) is 19.9 Å². The first-order valence-corrected chi connectivity index (χ1v) is 6.39. The molecule has 0 aliphatic heterocycles. The van der Waals surface area contributed by atoms with Crippen molar-refractivity contribution in [3.63, 3.8) is 0 Å². The number of hydrogen-bond donors (Lipinski definition) is 1. The number of fused-ring (bicyclic) bond motifs is 1. The Morgan fingerprint density at radius 1 is 1.35 bits per heavy atom. The third-order valence-electron chi connectivity index (χ3n) is 3.28. The SMILES string of the molecule is COC(=O)C(C(C)C)n1c(N)nc2c(OC)cccc21. The minimum atomic E-state index is -0.517. The Morgan fingerprint density at radius 2 is 2.05 bits per heavy atom. The second-order valence-corrected chi connectivity index (χ2v) is 4.88. The molecule has 1 aromatic heterocycles. The lowest BCUT2D eigenvalue weighted by Gasteiger charge is -2.21. The molecular formula is C14H19N3O3. The van der Waals surface area contributed by atoms with Crippen molar-refractivity contribution in [3.05, 3.63) is 18.2 Å². The van der Waals surface area contributed by atoms with Gasteiger partial charge < -0.3 is 15.2 Å². The van der Waals surface area contributed by atoms with Gasteiger partial charge in [-0.25, -0.2) is 9.78 Å². The number of carbonyl (C=O) groups is 1. The highest BCUT2D eigenvalue weighted by Gasteiger charge is 2.29. The third kappa shape index (κ3) is 2.17. The van der Waals surface area contributed by atoms with E-state index in [9.17, 15) is 4.79 Å². The lowest BCUT2D eigenvalue weighted by molar-refractivity contribution is -0.145. The Hall–Kier alpha value is -2.24. The molecule has 0 bridgehead atoms. The number of hydrogen-bond acceptors (Lipinski definition) is 5. The van der Waals surface area contributed by atoms with Crippen LogP contribution in [0.25, 0.3) is 11.0 Å². The summed E-state index contributed by atoms with van der Waals surface area (Å²) >= 11 is 0. The Kier molecular flexibility index (Phi) is 3.83. The van der Waals surface area contributed by atoms with E-state index in [1.54, 1.807) is 11.7 Å². The van der Waals surface area contributed by atoms with Crippen LogP contribution in [0.1, 0.15) is 19.9 Å². The predicted octanol–water partition coefficient (Wildman–Crippen LogP) is 2.00. The van der Waals surface area contributed by atoms with Gasteiger partial charge in [-0.15, -0.1) is 0 Å². The van der Waals surface area contributed by atoms with Gasteiger partial charge in [0.05, 0.1) is 19.7 Å². The number of esters is 1. The maximum absolute atomic E-state index is 12.0. The summed E-state index contributed by atoms with van der Waals surface area (Å²) in [5.74, 6) is 0.580. The van der Waals surface area contributed by atoms with Crippen molar-refractivity contribution >= 4 is 23.0 Å². The van der Waals surface area contributed by atoms with Gasteiger partial charge in [0.15, 0.2) is 0 Å². The van der Waals surface area contributed by atoms with Gasteiger partial charge in [0.1, 0.15) is 17.3 Å². The highest BCUT2D eigenvalue weighted by Crippen LogP contribution is 2.32. The van der Waals surface area contributed by atoms with Crippen LogP contribution in [0.2, 0.25) is 0 Å².